The minimum atomic E-state index is -1.41. The third-order valence-corrected chi connectivity index (χ3v) is 5.21. The van der Waals surface area contributed by atoms with E-state index in [-0.39, 0.29) is 17.3 Å². The number of anilines is 1. The van der Waals surface area contributed by atoms with Gasteiger partial charge in [0, 0.05) is 19.1 Å². The van der Waals surface area contributed by atoms with Crippen LogP contribution in [0.4, 0.5) is 5.82 Å². The predicted molar refractivity (Wildman–Crippen MR) is 119 cm³/mol. The highest BCUT2D eigenvalue weighted by molar-refractivity contribution is 5.83. The van der Waals surface area contributed by atoms with Gasteiger partial charge in [-0.3, -0.25) is 9.36 Å². The number of ether oxygens (including phenoxy) is 1. The Hall–Kier alpha value is -3.72. The molecule has 4 rings (SSSR count). The standard InChI is InChI=1S/C22H25N7O4/c1-2-25-21(32)18-16(30)17(31)22(33-18)29-12-26-15-19(23)27-14(28-20(15)29)9-11-24-10-8-13-6-4-3-5-7-13/h3-7,12,16-18,22,24,30-31H,2,8,10H2,1H3,(H,25,32)(H2,23,27,28)/t16-,17+,18-,22+/m0/s1. The van der Waals surface area contributed by atoms with Crippen LogP contribution in [0.1, 0.15) is 24.5 Å². The van der Waals surface area contributed by atoms with Gasteiger partial charge in [-0.05, 0) is 24.8 Å². The van der Waals surface area contributed by atoms with Crippen LogP contribution in [0, 0.1) is 12.0 Å². The number of benzene rings is 1. The molecule has 172 valence electrons. The average Bonchev–Trinajstić information content (AvgIpc) is 3.36. The molecule has 0 unspecified atom stereocenters. The van der Waals surface area contributed by atoms with Crippen LogP contribution in [0.5, 0.6) is 0 Å². The molecule has 11 nitrogen and oxygen atoms in total. The highest BCUT2D eigenvalue weighted by Gasteiger charge is 2.47. The van der Waals surface area contributed by atoms with Gasteiger partial charge in [-0.15, -0.1) is 0 Å². The number of rotatable bonds is 6. The normalized spacial score (nSPS) is 22.0. The summed E-state index contributed by atoms with van der Waals surface area (Å²) in [6, 6.07) is 12.8. The number of fused-ring (bicyclic) bond motifs is 1. The number of carbonyl (C=O) groups is 1. The second-order valence-electron chi connectivity index (χ2n) is 7.49. The zero-order valence-corrected chi connectivity index (χ0v) is 18.0. The van der Waals surface area contributed by atoms with Crippen molar-refractivity contribution in [3.8, 4) is 12.0 Å². The topological polar surface area (TPSA) is 160 Å². The summed E-state index contributed by atoms with van der Waals surface area (Å²) in [5.74, 6) is 2.57. The number of nitrogens with zero attached hydrogens (tertiary/aromatic N) is 4. The van der Waals surface area contributed by atoms with Crippen LogP contribution in [-0.4, -0.2) is 67.0 Å². The first-order valence-electron chi connectivity index (χ1n) is 10.6. The van der Waals surface area contributed by atoms with Crippen LogP contribution in [0.3, 0.4) is 0 Å². The molecule has 0 aliphatic carbocycles. The Morgan fingerprint density at radius 2 is 2.03 bits per heavy atom. The van der Waals surface area contributed by atoms with Crippen LogP contribution >= 0.6 is 0 Å². The molecule has 11 heteroatoms. The van der Waals surface area contributed by atoms with E-state index in [2.05, 4.69) is 37.6 Å². The number of nitrogens with one attached hydrogen (secondary N) is 2. The predicted octanol–water partition coefficient (Wildman–Crippen LogP) is -0.695. The summed E-state index contributed by atoms with van der Waals surface area (Å²) in [5, 5.41) is 26.4. The Kier molecular flexibility index (Phi) is 6.69. The van der Waals surface area contributed by atoms with Crippen molar-refractivity contribution in [1.29, 1.82) is 0 Å². The van der Waals surface area contributed by atoms with E-state index in [4.69, 9.17) is 10.5 Å². The Morgan fingerprint density at radius 3 is 2.79 bits per heavy atom. The van der Waals surface area contributed by atoms with Gasteiger partial charge in [-0.1, -0.05) is 30.3 Å². The van der Waals surface area contributed by atoms with Crippen molar-refractivity contribution >= 4 is 22.9 Å². The van der Waals surface area contributed by atoms with Crippen LogP contribution < -0.4 is 16.4 Å². The molecule has 1 aromatic carbocycles. The van der Waals surface area contributed by atoms with Gasteiger partial charge in [0.1, 0.15) is 17.7 Å². The number of hydrogen-bond acceptors (Lipinski definition) is 9. The first-order chi connectivity index (χ1) is 16.0. The quantitative estimate of drug-likeness (QED) is 0.186. The van der Waals surface area contributed by atoms with E-state index in [9.17, 15) is 15.0 Å². The van der Waals surface area contributed by atoms with Gasteiger partial charge in [0.15, 0.2) is 23.8 Å². The number of likely N-dealkylation sites (N-methyl/N-ethyl adjacent to an activating group) is 1. The molecule has 6 N–H and O–H groups in total. The van der Waals surface area contributed by atoms with Crippen molar-refractivity contribution in [3.63, 3.8) is 0 Å². The van der Waals surface area contributed by atoms with Crippen molar-refractivity contribution in [3.05, 3.63) is 48.0 Å². The van der Waals surface area contributed by atoms with Crippen molar-refractivity contribution in [2.45, 2.75) is 37.9 Å². The average molecular weight is 451 g/mol. The molecule has 0 saturated carbocycles. The molecular weight excluding hydrogens is 426 g/mol. The fraction of sp³-hybridized carbons (Fsp3) is 0.364. The Morgan fingerprint density at radius 1 is 1.24 bits per heavy atom. The molecule has 2 aromatic heterocycles. The van der Waals surface area contributed by atoms with Gasteiger partial charge in [-0.25, -0.2) is 15.0 Å². The number of nitrogens with two attached hydrogens (primary N) is 1. The first kappa shape index (κ1) is 22.5. The summed E-state index contributed by atoms with van der Waals surface area (Å²) in [7, 11) is 0. The lowest BCUT2D eigenvalue weighted by molar-refractivity contribution is -0.137. The number of hydrogen-bond donors (Lipinski definition) is 5. The first-order valence-corrected chi connectivity index (χ1v) is 10.6. The number of aliphatic hydroxyl groups is 2. The molecule has 0 bridgehead atoms. The van der Waals surface area contributed by atoms with E-state index in [0.717, 1.165) is 6.42 Å². The fourth-order valence-corrected chi connectivity index (χ4v) is 3.58. The van der Waals surface area contributed by atoms with Gasteiger partial charge in [0.05, 0.1) is 6.33 Å². The van der Waals surface area contributed by atoms with Crippen LogP contribution in [-0.2, 0) is 16.0 Å². The molecule has 3 heterocycles. The van der Waals surface area contributed by atoms with E-state index < -0.39 is 30.4 Å². The van der Waals surface area contributed by atoms with Crippen LogP contribution in [0.25, 0.3) is 11.2 Å². The number of aromatic nitrogens is 4. The molecule has 1 aliphatic heterocycles. The molecule has 0 spiro atoms. The fourth-order valence-electron chi connectivity index (χ4n) is 3.58. The molecule has 1 amide bonds. The van der Waals surface area contributed by atoms with Gasteiger partial charge < -0.3 is 31.3 Å². The minimum Gasteiger partial charge on any atom is -0.387 e. The largest absolute Gasteiger partial charge is 0.387 e. The molecule has 3 aromatic rings. The highest BCUT2D eigenvalue weighted by atomic mass is 16.6. The van der Waals surface area contributed by atoms with Crippen molar-refractivity contribution in [1.82, 2.24) is 30.2 Å². The van der Waals surface area contributed by atoms with E-state index in [1.165, 1.54) is 16.5 Å². The molecule has 4 atom stereocenters. The van der Waals surface area contributed by atoms with Gasteiger partial charge in [0.2, 0.25) is 5.82 Å². The monoisotopic (exact) mass is 451 g/mol. The third-order valence-electron chi connectivity index (χ3n) is 5.21. The SMILES string of the molecule is CCNC(=O)[C@H]1O[C@@H](n2cnc3c(N)nc(C#CNCCc4ccccc4)nc32)[C@H](O)[C@@H]1O. The number of aliphatic hydroxyl groups excluding tert-OH is 2. The van der Waals surface area contributed by atoms with E-state index >= 15 is 0 Å². The lowest BCUT2D eigenvalue weighted by atomic mass is 10.1. The second kappa shape index (κ2) is 9.83. The zero-order valence-electron chi connectivity index (χ0n) is 18.0. The maximum absolute atomic E-state index is 12.1. The second-order valence-corrected chi connectivity index (χ2v) is 7.49. The minimum absolute atomic E-state index is 0.112. The summed E-state index contributed by atoms with van der Waals surface area (Å²) in [6.45, 7) is 2.76. The highest BCUT2D eigenvalue weighted by Crippen LogP contribution is 2.32. The summed E-state index contributed by atoms with van der Waals surface area (Å²) >= 11 is 0. The van der Waals surface area contributed by atoms with E-state index in [0.29, 0.717) is 18.6 Å². The van der Waals surface area contributed by atoms with Gasteiger partial charge >= 0.3 is 0 Å². The van der Waals surface area contributed by atoms with E-state index in [1.807, 2.05) is 30.3 Å². The van der Waals surface area contributed by atoms with Crippen LogP contribution in [0.2, 0.25) is 0 Å². The third kappa shape index (κ3) is 4.73. The smallest absolute Gasteiger partial charge is 0.252 e. The number of imidazole rings is 1. The summed E-state index contributed by atoms with van der Waals surface area (Å²) < 4.78 is 7.06. The molecule has 1 saturated heterocycles. The van der Waals surface area contributed by atoms with Crippen molar-refractivity contribution in [2.75, 3.05) is 18.8 Å². The zero-order chi connectivity index (χ0) is 23.4. The van der Waals surface area contributed by atoms with Crippen molar-refractivity contribution < 1.29 is 19.7 Å². The lowest BCUT2D eigenvalue weighted by Gasteiger charge is -2.16. The van der Waals surface area contributed by atoms with Gasteiger partial charge in [-0.2, -0.15) is 0 Å². The van der Waals surface area contributed by atoms with E-state index in [1.54, 1.807) is 6.92 Å². The maximum atomic E-state index is 12.1. The maximum Gasteiger partial charge on any atom is 0.252 e. The van der Waals surface area contributed by atoms with Gasteiger partial charge in [0.25, 0.3) is 5.91 Å². The Bertz CT molecular complexity index is 1190. The molecular formula is C22H25N7O4. The number of carbonyl (C=O) groups excluding carboxylic acids is 1. The van der Waals surface area contributed by atoms with Crippen molar-refractivity contribution in [2.24, 2.45) is 0 Å². The Labute approximate surface area is 190 Å². The molecule has 1 fully saturated rings. The van der Waals surface area contributed by atoms with Crippen LogP contribution in [0.15, 0.2) is 36.7 Å². The number of amides is 1. The summed E-state index contributed by atoms with van der Waals surface area (Å²) in [5.41, 5.74) is 7.78. The lowest BCUT2D eigenvalue weighted by Crippen LogP contribution is -2.42. The summed E-state index contributed by atoms with van der Waals surface area (Å²) in [4.78, 5) is 24.9. The summed E-state index contributed by atoms with van der Waals surface area (Å²) in [6.07, 6.45) is -2.92. The number of nitrogen functional groups attached to an aromatic ring is 1. The molecule has 0 radical (unpaired) electrons. The molecule has 33 heavy (non-hydrogen) atoms. The molecule has 1 aliphatic rings. The Balaban J connectivity index is 1.51.